The molecule has 4 N–H and O–H groups in total. The summed E-state index contributed by atoms with van der Waals surface area (Å²) in [4.78, 5) is 51.8. The Balaban J connectivity index is 0.000000438. The summed E-state index contributed by atoms with van der Waals surface area (Å²) in [5, 5.41) is 13.6. The Morgan fingerprint density at radius 2 is 1.79 bits per heavy atom. The van der Waals surface area contributed by atoms with E-state index in [1.165, 1.54) is 0 Å². The molecule has 0 aliphatic carbocycles. The highest BCUT2D eigenvalue weighted by Crippen LogP contribution is 2.41. The van der Waals surface area contributed by atoms with Crippen molar-refractivity contribution in [3.8, 4) is 11.3 Å². The number of aliphatic carboxylic acids is 1. The molecule has 0 radical (unpaired) electrons. The van der Waals surface area contributed by atoms with Gasteiger partial charge in [-0.1, -0.05) is 36.7 Å². The maximum absolute atomic E-state index is 14.3. The number of carboxylic acid groups (broad SMARTS) is 1. The summed E-state index contributed by atoms with van der Waals surface area (Å²) in [5.41, 5.74) is 1.27. The van der Waals surface area contributed by atoms with Crippen LogP contribution in [0, 0.1) is 12.7 Å². The molecule has 0 aliphatic heterocycles. The predicted molar refractivity (Wildman–Crippen MR) is 195 cm³/mol. The second-order valence-corrected chi connectivity index (χ2v) is 14.2. The summed E-state index contributed by atoms with van der Waals surface area (Å²) in [6, 6.07) is 7.89. The lowest BCUT2D eigenvalue weighted by molar-refractivity contribution is -0.144. The van der Waals surface area contributed by atoms with Gasteiger partial charge in [-0.2, -0.15) is 18.3 Å². The zero-order chi connectivity index (χ0) is 40.8. The zero-order valence-corrected chi connectivity index (χ0v) is 33.4. The van der Waals surface area contributed by atoms with Gasteiger partial charge in [0.05, 0.1) is 39.7 Å². The summed E-state index contributed by atoms with van der Waals surface area (Å²) >= 11 is 14.3. The van der Waals surface area contributed by atoms with E-state index in [4.69, 9.17) is 47.6 Å². The van der Waals surface area contributed by atoms with E-state index in [2.05, 4.69) is 33.3 Å². The number of carbonyl (C=O) groups excluding carboxylic acids is 2. The Labute approximate surface area is 321 Å². The lowest BCUT2D eigenvalue weighted by Gasteiger charge is -2.25. The number of nitrogens with zero attached hydrogens (tertiary/aromatic N) is 3. The third-order valence-corrected chi connectivity index (χ3v) is 8.47. The third-order valence-electron chi connectivity index (χ3n) is 6.54. The van der Waals surface area contributed by atoms with Crippen LogP contribution < -0.4 is 10.2 Å². The molecule has 0 spiro atoms. The van der Waals surface area contributed by atoms with E-state index in [1.807, 2.05) is 32.0 Å². The van der Waals surface area contributed by atoms with Crippen molar-refractivity contribution >= 4 is 70.3 Å². The molecular formula is C32H40BrCl2F4N4O9P. The molecule has 3 aromatic rings. The van der Waals surface area contributed by atoms with Crippen LogP contribution in [0.3, 0.4) is 0 Å². The molecule has 13 nitrogen and oxygen atoms in total. The molecule has 1 aromatic heterocycles. The number of hydrogen-bond donors (Lipinski definition) is 4. The number of alkyl halides is 4. The number of halogens is 7. The van der Waals surface area contributed by atoms with E-state index in [1.54, 1.807) is 18.7 Å². The number of carboxylic acids is 1. The minimum Gasteiger partial charge on any atom is -0.480 e. The van der Waals surface area contributed by atoms with Gasteiger partial charge in [0.25, 0.3) is 0 Å². The summed E-state index contributed by atoms with van der Waals surface area (Å²) < 4.78 is 74.1. The summed E-state index contributed by atoms with van der Waals surface area (Å²) in [7, 11) is -3.01. The van der Waals surface area contributed by atoms with Gasteiger partial charge in [0.2, 0.25) is 5.91 Å². The molecule has 0 unspecified atom stereocenters. The van der Waals surface area contributed by atoms with Crippen LogP contribution in [0.1, 0.15) is 54.9 Å². The van der Waals surface area contributed by atoms with Gasteiger partial charge in [0.1, 0.15) is 24.1 Å². The molecule has 1 heterocycles. The monoisotopic (exact) mass is 880 g/mol. The summed E-state index contributed by atoms with van der Waals surface area (Å²) in [6.07, 6.45) is -4.87. The SMILES string of the molecule is CC(C)OC(=O)c1cc(-c2nn(C)c(C(F)(F)F)c2Br)c(F)cc1Cl.CCOCN(C(=O)CCl)c1c(C)cccc1CC.O=C(O)CNCP(=O)(O)O. The van der Waals surface area contributed by atoms with Gasteiger partial charge < -0.3 is 24.4 Å². The highest BCUT2D eigenvalue weighted by Gasteiger charge is 2.39. The lowest BCUT2D eigenvalue weighted by atomic mass is 10.0. The van der Waals surface area contributed by atoms with E-state index in [0.29, 0.717) is 11.3 Å². The number of aryl methyl sites for hydroxylation is 3. The van der Waals surface area contributed by atoms with Crippen molar-refractivity contribution in [3.63, 3.8) is 0 Å². The molecule has 296 valence electrons. The molecule has 0 fully saturated rings. The number of rotatable bonds is 13. The van der Waals surface area contributed by atoms with Crippen molar-refractivity contribution in [2.24, 2.45) is 7.05 Å². The van der Waals surface area contributed by atoms with E-state index < -0.39 is 60.6 Å². The smallest absolute Gasteiger partial charge is 0.434 e. The Morgan fingerprint density at radius 1 is 1.17 bits per heavy atom. The number of aromatic nitrogens is 2. The first kappa shape index (κ1) is 47.9. The molecule has 0 saturated heterocycles. The highest BCUT2D eigenvalue weighted by atomic mass is 79.9. The van der Waals surface area contributed by atoms with Gasteiger partial charge in [-0.15, -0.1) is 11.6 Å². The maximum Gasteiger partial charge on any atom is 0.434 e. The lowest BCUT2D eigenvalue weighted by Crippen LogP contribution is -2.35. The molecule has 0 atom stereocenters. The Bertz CT molecular complexity index is 1780. The van der Waals surface area contributed by atoms with Gasteiger partial charge in [-0.05, 0) is 73.3 Å². The topological polar surface area (TPSA) is 181 Å². The molecule has 0 aliphatic rings. The largest absolute Gasteiger partial charge is 0.480 e. The van der Waals surface area contributed by atoms with Crippen molar-refractivity contribution in [2.75, 3.05) is 36.9 Å². The van der Waals surface area contributed by atoms with E-state index in [0.717, 1.165) is 42.4 Å². The number of benzene rings is 2. The number of esters is 1. The van der Waals surface area contributed by atoms with Gasteiger partial charge in [-0.25, -0.2) is 9.18 Å². The number of para-hydroxylation sites is 1. The molecule has 53 heavy (non-hydrogen) atoms. The minimum absolute atomic E-state index is 0.0371. The Hall–Kier alpha value is -3.09. The normalized spacial score (nSPS) is 11.3. The molecule has 0 bridgehead atoms. The number of carbonyl (C=O) groups is 3. The van der Waals surface area contributed by atoms with Crippen molar-refractivity contribution in [3.05, 3.63) is 68.0 Å². The van der Waals surface area contributed by atoms with Gasteiger partial charge in [-0.3, -0.25) is 29.1 Å². The summed E-state index contributed by atoms with van der Waals surface area (Å²) in [5.74, 6) is -3.05. The first-order valence-corrected chi connectivity index (χ1v) is 19.0. The van der Waals surface area contributed by atoms with Crippen LogP contribution in [0.25, 0.3) is 11.3 Å². The molecule has 2 aromatic carbocycles. The average Bonchev–Trinajstić information content (AvgIpc) is 3.34. The van der Waals surface area contributed by atoms with Crippen LogP contribution in [0.2, 0.25) is 5.02 Å². The van der Waals surface area contributed by atoms with E-state index in [9.17, 15) is 36.5 Å². The van der Waals surface area contributed by atoms with Crippen molar-refractivity contribution in [1.82, 2.24) is 15.1 Å². The number of nitrogens with one attached hydrogen (secondary N) is 1. The third kappa shape index (κ3) is 15.3. The standard InChI is InChI=1S/C15H12BrClF4N2O2.C14H20ClNO2.C3H8NO5P/c1-6(2)25-14(24)7-4-8(10(18)5-9(7)17)12-11(16)13(15(19,20)21)23(3)22-12;1-4-12-8-6-7-11(3)14(12)16(10-18-5-2)13(17)9-15;5-3(6)1-4-2-10(7,8)9/h4-6H,1-3H3;6-8H,4-5,9-10H2,1-3H3;4H,1-2H2,(H,5,6)(H2,7,8,9). The maximum atomic E-state index is 14.3. The number of amides is 1. The fourth-order valence-electron chi connectivity index (χ4n) is 4.36. The molecule has 0 saturated carbocycles. The molecular weight excluding hydrogens is 842 g/mol. The van der Waals surface area contributed by atoms with Crippen LogP contribution in [0.4, 0.5) is 23.2 Å². The minimum atomic E-state index is -4.69. The average molecular weight is 882 g/mol. The second kappa shape index (κ2) is 21.7. The second-order valence-electron chi connectivity index (χ2n) is 11.1. The van der Waals surface area contributed by atoms with Crippen molar-refractivity contribution in [1.29, 1.82) is 0 Å². The van der Waals surface area contributed by atoms with Gasteiger partial charge in [0, 0.05) is 19.2 Å². The van der Waals surface area contributed by atoms with Crippen LogP contribution in [-0.4, -0.2) is 80.7 Å². The van der Waals surface area contributed by atoms with Crippen LogP contribution in [0.15, 0.2) is 34.8 Å². The molecule has 1 amide bonds. The van der Waals surface area contributed by atoms with Crippen LogP contribution in [0.5, 0.6) is 0 Å². The highest BCUT2D eigenvalue weighted by molar-refractivity contribution is 9.10. The number of anilines is 1. The molecule has 3 rings (SSSR count). The quantitative estimate of drug-likeness (QED) is 0.0451. The summed E-state index contributed by atoms with van der Waals surface area (Å²) in [6.45, 7) is 9.58. The first-order valence-electron chi connectivity index (χ1n) is 15.5. The fraction of sp³-hybridized carbons (Fsp3) is 0.438. The van der Waals surface area contributed by atoms with Gasteiger partial charge >= 0.3 is 25.7 Å². The van der Waals surface area contributed by atoms with E-state index in [-0.39, 0.29) is 40.4 Å². The van der Waals surface area contributed by atoms with Crippen molar-refractivity contribution in [2.45, 2.75) is 53.3 Å². The fourth-order valence-corrected chi connectivity index (χ4v) is 5.91. The van der Waals surface area contributed by atoms with Crippen molar-refractivity contribution < 1.29 is 60.9 Å². The predicted octanol–water partition coefficient (Wildman–Crippen LogP) is 7.15. The zero-order valence-electron chi connectivity index (χ0n) is 29.4. The van der Waals surface area contributed by atoms with Crippen LogP contribution >= 0.6 is 46.7 Å². The van der Waals surface area contributed by atoms with Gasteiger partial charge in [0.15, 0.2) is 5.69 Å². The first-order chi connectivity index (χ1) is 24.5. The number of ether oxygens (including phenoxy) is 2. The molecule has 21 heteroatoms. The number of hydrogen-bond acceptors (Lipinski definition) is 8. The Kier molecular flexibility index (Phi) is 19.6. The Morgan fingerprint density at radius 3 is 2.26 bits per heavy atom. The van der Waals surface area contributed by atoms with Crippen LogP contribution in [-0.2, 0) is 43.3 Å². The van der Waals surface area contributed by atoms with E-state index >= 15 is 0 Å².